The van der Waals surface area contributed by atoms with Gasteiger partial charge in [0.05, 0.1) is 0 Å². The van der Waals surface area contributed by atoms with E-state index >= 15 is 0 Å². The molecule has 1 N–H and O–H groups in total. The Kier molecular flexibility index (Phi) is 1.80. The van der Waals surface area contributed by atoms with Crippen molar-refractivity contribution in [2.45, 2.75) is 39.2 Å². The molecule has 3 atom stereocenters. The third-order valence-corrected chi connectivity index (χ3v) is 3.74. The smallest absolute Gasteiger partial charge is 0.0442 e. The van der Waals surface area contributed by atoms with E-state index in [0.29, 0.717) is 5.54 Å². The molecule has 0 bridgehead atoms. The van der Waals surface area contributed by atoms with Gasteiger partial charge in [0.15, 0.2) is 0 Å². The zero-order valence-corrected chi connectivity index (χ0v) is 8.35. The lowest BCUT2D eigenvalue weighted by molar-refractivity contribution is 0.369. The molecule has 12 heavy (non-hydrogen) atoms. The van der Waals surface area contributed by atoms with Crippen LogP contribution in [-0.2, 0) is 0 Å². The molecule has 1 aliphatic carbocycles. The van der Waals surface area contributed by atoms with Crippen LogP contribution in [-0.4, -0.2) is 12.1 Å². The summed E-state index contributed by atoms with van der Waals surface area (Å²) in [6.07, 6.45) is 5.01. The fraction of sp³-hybridized carbons (Fsp3) is 0.818. The van der Waals surface area contributed by atoms with Gasteiger partial charge in [0.2, 0.25) is 0 Å². The maximum absolute atomic E-state index is 3.59. The van der Waals surface area contributed by atoms with Crippen molar-refractivity contribution in [2.24, 2.45) is 11.8 Å². The molecule has 0 radical (unpaired) electrons. The Morgan fingerprint density at radius 2 is 2.50 bits per heavy atom. The van der Waals surface area contributed by atoms with Crippen molar-refractivity contribution >= 4 is 0 Å². The van der Waals surface area contributed by atoms with Crippen molar-refractivity contribution in [1.82, 2.24) is 5.32 Å². The van der Waals surface area contributed by atoms with Crippen LogP contribution in [0.25, 0.3) is 0 Å². The molecule has 0 aromatic carbocycles. The summed E-state index contributed by atoms with van der Waals surface area (Å²) >= 11 is 0. The molecule has 2 fully saturated rings. The van der Waals surface area contributed by atoms with E-state index in [1.165, 1.54) is 19.4 Å². The predicted molar refractivity (Wildman–Crippen MR) is 52.1 cm³/mol. The summed E-state index contributed by atoms with van der Waals surface area (Å²) in [5.41, 5.74) is 2.16. The van der Waals surface area contributed by atoms with Crippen LogP contribution < -0.4 is 5.32 Å². The summed E-state index contributed by atoms with van der Waals surface area (Å²) in [6.45, 7) is 8.07. The Morgan fingerprint density at radius 1 is 1.75 bits per heavy atom. The minimum atomic E-state index is 0.490. The molecule has 0 amide bonds. The van der Waals surface area contributed by atoms with Crippen molar-refractivity contribution in [3.8, 4) is 0 Å². The first kappa shape index (κ1) is 8.31. The molecule has 1 saturated heterocycles. The fourth-order valence-corrected chi connectivity index (χ4v) is 2.62. The first-order valence-corrected chi connectivity index (χ1v) is 5.16. The predicted octanol–water partition coefficient (Wildman–Crippen LogP) is 2.34. The van der Waals surface area contributed by atoms with E-state index in [0.717, 1.165) is 11.8 Å². The summed E-state index contributed by atoms with van der Waals surface area (Å²) in [6, 6.07) is 0. The lowest BCUT2D eigenvalue weighted by Gasteiger charge is -2.33. The van der Waals surface area contributed by atoms with Crippen molar-refractivity contribution in [3.05, 3.63) is 11.6 Å². The van der Waals surface area contributed by atoms with Crippen LogP contribution in [0.1, 0.15) is 33.6 Å². The highest BCUT2D eigenvalue weighted by molar-refractivity contribution is 5.38. The molecule has 1 saturated carbocycles. The molecular formula is C11H19N. The second-order valence-electron chi connectivity index (χ2n) is 4.31. The average Bonchev–Trinajstić information content (AvgIpc) is 2.58. The Morgan fingerprint density at radius 3 is 2.75 bits per heavy atom. The highest BCUT2D eigenvalue weighted by Gasteiger charge is 2.63. The van der Waals surface area contributed by atoms with Gasteiger partial charge in [-0.2, -0.15) is 0 Å². The van der Waals surface area contributed by atoms with E-state index in [-0.39, 0.29) is 0 Å². The molecular weight excluding hydrogens is 146 g/mol. The molecule has 0 aromatic rings. The normalized spacial score (nSPS) is 41.6. The lowest BCUT2D eigenvalue weighted by atomic mass is 9.86. The Bertz CT molecular complexity index is 215. The minimum absolute atomic E-state index is 0.490. The van der Waals surface area contributed by atoms with Gasteiger partial charge in [-0.1, -0.05) is 25.5 Å². The first-order chi connectivity index (χ1) is 5.74. The van der Waals surface area contributed by atoms with Crippen LogP contribution in [0.15, 0.2) is 11.6 Å². The van der Waals surface area contributed by atoms with Gasteiger partial charge in [-0.05, 0) is 31.6 Å². The molecule has 3 unspecified atom stereocenters. The van der Waals surface area contributed by atoms with E-state index in [9.17, 15) is 0 Å². The van der Waals surface area contributed by atoms with Gasteiger partial charge >= 0.3 is 0 Å². The minimum Gasteiger partial charge on any atom is -0.307 e. The van der Waals surface area contributed by atoms with Crippen molar-refractivity contribution in [3.63, 3.8) is 0 Å². The fourth-order valence-electron chi connectivity index (χ4n) is 2.62. The molecule has 2 rings (SSSR count). The number of rotatable bonds is 3. The standard InChI is InChI=1S/C11H19N/c1-4-8(3)10(5-2)11-6-9(11)7-12-11/h5,8-9,12H,4,6-7H2,1-3H3/b10-5+. The number of allylic oxidation sites excluding steroid dienone is 1. The Labute approximate surface area is 75.2 Å². The maximum Gasteiger partial charge on any atom is 0.0442 e. The molecule has 1 nitrogen and oxygen atoms in total. The van der Waals surface area contributed by atoms with Crippen LogP contribution in [0.4, 0.5) is 0 Å². The van der Waals surface area contributed by atoms with E-state index in [1.54, 1.807) is 5.57 Å². The topological polar surface area (TPSA) is 12.0 Å². The van der Waals surface area contributed by atoms with Crippen LogP contribution in [0.2, 0.25) is 0 Å². The lowest BCUT2D eigenvalue weighted by Crippen LogP contribution is -2.48. The molecule has 1 heteroatoms. The van der Waals surface area contributed by atoms with Gasteiger partial charge in [0, 0.05) is 12.1 Å². The van der Waals surface area contributed by atoms with Crippen LogP contribution in [0.3, 0.4) is 0 Å². The summed E-state index contributed by atoms with van der Waals surface area (Å²) in [7, 11) is 0. The second-order valence-corrected chi connectivity index (χ2v) is 4.31. The van der Waals surface area contributed by atoms with Crippen molar-refractivity contribution in [1.29, 1.82) is 0 Å². The number of fused-ring (bicyclic) bond motifs is 1. The van der Waals surface area contributed by atoms with Crippen LogP contribution >= 0.6 is 0 Å². The highest BCUT2D eigenvalue weighted by atomic mass is 15.2. The third-order valence-electron chi connectivity index (χ3n) is 3.74. The second kappa shape index (κ2) is 2.59. The van der Waals surface area contributed by atoms with Gasteiger partial charge in [-0.3, -0.25) is 0 Å². The van der Waals surface area contributed by atoms with Crippen LogP contribution in [0.5, 0.6) is 0 Å². The van der Waals surface area contributed by atoms with Crippen molar-refractivity contribution in [2.75, 3.05) is 6.54 Å². The van der Waals surface area contributed by atoms with E-state index in [4.69, 9.17) is 0 Å². The van der Waals surface area contributed by atoms with Gasteiger partial charge < -0.3 is 5.32 Å². The van der Waals surface area contributed by atoms with E-state index < -0.39 is 0 Å². The molecule has 0 spiro atoms. The number of nitrogens with one attached hydrogen (secondary N) is 1. The first-order valence-electron chi connectivity index (χ1n) is 5.16. The molecule has 68 valence electrons. The molecule has 0 aromatic heterocycles. The SMILES string of the molecule is C/C=C(\C(C)CC)C12CC1CN2. The monoisotopic (exact) mass is 165 g/mol. The van der Waals surface area contributed by atoms with Gasteiger partial charge in [0.1, 0.15) is 0 Å². The van der Waals surface area contributed by atoms with Gasteiger partial charge in [-0.15, -0.1) is 0 Å². The zero-order valence-electron chi connectivity index (χ0n) is 8.35. The zero-order chi connectivity index (χ0) is 8.77. The van der Waals surface area contributed by atoms with Crippen LogP contribution in [0, 0.1) is 11.8 Å². The highest BCUT2D eigenvalue weighted by Crippen LogP contribution is 2.56. The number of hydrogen-bond donors (Lipinski definition) is 1. The third kappa shape index (κ3) is 0.891. The summed E-state index contributed by atoms with van der Waals surface area (Å²) in [4.78, 5) is 0. The van der Waals surface area contributed by atoms with Crippen molar-refractivity contribution < 1.29 is 0 Å². The summed E-state index contributed by atoms with van der Waals surface area (Å²) < 4.78 is 0. The summed E-state index contributed by atoms with van der Waals surface area (Å²) in [5.74, 6) is 1.76. The number of hydrogen-bond acceptors (Lipinski definition) is 1. The van der Waals surface area contributed by atoms with E-state index in [1.807, 2.05) is 0 Å². The maximum atomic E-state index is 3.59. The Hall–Kier alpha value is -0.300. The molecule has 1 aliphatic heterocycles. The quantitative estimate of drug-likeness (QED) is 0.633. The molecule has 2 aliphatic rings. The average molecular weight is 165 g/mol. The summed E-state index contributed by atoms with van der Waals surface area (Å²) in [5, 5.41) is 3.59. The van der Waals surface area contributed by atoms with Gasteiger partial charge in [-0.25, -0.2) is 0 Å². The molecule has 1 heterocycles. The van der Waals surface area contributed by atoms with E-state index in [2.05, 4.69) is 32.2 Å². The van der Waals surface area contributed by atoms with Gasteiger partial charge in [0.25, 0.3) is 0 Å². The Balaban J connectivity index is 2.10. The largest absolute Gasteiger partial charge is 0.307 e.